The number of aromatic nitrogens is 2. The summed E-state index contributed by atoms with van der Waals surface area (Å²) in [7, 11) is 2.08. The smallest absolute Gasteiger partial charge is 0.125 e. The monoisotopic (exact) mass is 225 g/mol. The second kappa shape index (κ2) is 5.03. The first-order chi connectivity index (χ1) is 7.33. The SMILES string of the molecule is CCNC(c1nccn1C)C1CCSC1. The van der Waals surface area contributed by atoms with Crippen LogP contribution in [0.5, 0.6) is 0 Å². The quantitative estimate of drug-likeness (QED) is 0.848. The Kier molecular flexibility index (Phi) is 3.70. The maximum Gasteiger partial charge on any atom is 0.125 e. The van der Waals surface area contributed by atoms with Crippen molar-refractivity contribution in [3.05, 3.63) is 18.2 Å². The molecule has 15 heavy (non-hydrogen) atoms. The number of hydrogen-bond donors (Lipinski definition) is 1. The Labute approximate surface area is 95.7 Å². The molecule has 0 aromatic carbocycles. The van der Waals surface area contributed by atoms with E-state index in [-0.39, 0.29) is 0 Å². The van der Waals surface area contributed by atoms with E-state index in [1.807, 2.05) is 12.4 Å². The second-order valence-electron chi connectivity index (χ2n) is 4.06. The largest absolute Gasteiger partial charge is 0.337 e. The van der Waals surface area contributed by atoms with E-state index in [0.29, 0.717) is 6.04 Å². The Morgan fingerprint density at radius 1 is 1.73 bits per heavy atom. The summed E-state index contributed by atoms with van der Waals surface area (Å²) >= 11 is 2.06. The highest BCUT2D eigenvalue weighted by Crippen LogP contribution is 2.33. The molecule has 1 aliphatic heterocycles. The highest BCUT2D eigenvalue weighted by atomic mass is 32.2. The lowest BCUT2D eigenvalue weighted by Crippen LogP contribution is -2.30. The summed E-state index contributed by atoms with van der Waals surface area (Å²) in [4.78, 5) is 4.47. The fraction of sp³-hybridized carbons (Fsp3) is 0.727. The molecule has 2 heterocycles. The van der Waals surface area contributed by atoms with Gasteiger partial charge in [0.05, 0.1) is 6.04 Å². The molecule has 2 unspecified atom stereocenters. The van der Waals surface area contributed by atoms with Gasteiger partial charge in [0.25, 0.3) is 0 Å². The van der Waals surface area contributed by atoms with E-state index in [1.165, 1.54) is 23.8 Å². The Morgan fingerprint density at radius 3 is 3.13 bits per heavy atom. The fourth-order valence-electron chi connectivity index (χ4n) is 2.18. The van der Waals surface area contributed by atoms with Gasteiger partial charge in [-0.25, -0.2) is 4.98 Å². The van der Waals surface area contributed by atoms with E-state index in [2.05, 4.69) is 40.6 Å². The maximum atomic E-state index is 4.47. The van der Waals surface area contributed by atoms with Gasteiger partial charge in [-0.1, -0.05) is 6.92 Å². The number of thioether (sulfide) groups is 1. The van der Waals surface area contributed by atoms with Crippen LogP contribution in [0.2, 0.25) is 0 Å². The molecule has 4 heteroatoms. The van der Waals surface area contributed by atoms with Gasteiger partial charge < -0.3 is 9.88 Å². The third-order valence-corrected chi connectivity index (χ3v) is 4.19. The lowest BCUT2D eigenvalue weighted by atomic mass is 9.98. The molecule has 0 bridgehead atoms. The zero-order valence-electron chi connectivity index (χ0n) is 9.44. The molecular formula is C11H19N3S. The van der Waals surface area contributed by atoms with Crippen LogP contribution < -0.4 is 5.32 Å². The Hall–Kier alpha value is -0.480. The molecule has 1 saturated heterocycles. The first kappa shape index (κ1) is 11.0. The molecule has 0 aliphatic carbocycles. The second-order valence-corrected chi connectivity index (χ2v) is 5.21. The summed E-state index contributed by atoms with van der Waals surface area (Å²) in [5.41, 5.74) is 0. The molecule has 2 atom stereocenters. The zero-order valence-corrected chi connectivity index (χ0v) is 10.3. The van der Waals surface area contributed by atoms with E-state index in [1.54, 1.807) is 0 Å². The van der Waals surface area contributed by atoms with Crippen molar-refractivity contribution in [2.75, 3.05) is 18.1 Å². The highest BCUT2D eigenvalue weighted by Gasteiger charge is 2.28. The maximum absolute atomic E-state index is 4.47. The topological polar surface area (TPSA) is 29.9 Å². The molecule has 0 radical (unpaired) electrons. The van der Waals surface area contributed by atoms with Crippen LogP contribution in [-0.4, -0.2) is 27.6 Å². The van der Waals surface area contributed by atoms with Crippen molar-refractivity contribution in [3.8, 4) is 0 Å². The summed E-state index contributed by atoms with van der Waals surface area (Å²) in [5.74, 6) is 4.50. The van der Waals surface area contributed by atoms with Crippen molar-refractivity contribution in [1.82, 2.24) is 14.9 Å². The Morgan fingerprint density at radius 2 is 2.60 bits per heavy atom. The number of rotatable bonds is 4. The molecule has 1 aromatic heterocycles. The first-order valence-corrected chi connectivity index (χ1v) is 6.76. The van der Waals surface area contributed by atoms with Crippen molar-refractivity contribution in [2.24, 2.45) is 13.0 Å². The molecule has 0 amide bonds. The molecule has 3 nitrogen and oxygen atoms in total. The van der Waals surface area contributed by atoms with Crippen molar-refractivity contribution in [2.45, 2.75) is 19.4 Å². The van der Waals surface area contributed by atoms with Crippen molar-refractivity contribution >= 4 is 11.8 Å². The van der Waals surface area contributed by atoms with E-state index in [4.69, 9.17) is 0 Å². The Balaban J connectivity index is 2.15. The van der Waals surface area contributed by atoms with Crippen LogP contribution in [0.4, 0.5) is 0 Å². The summed E-state index contributed by atoms with van der Waals surface area (Å²) < 4.78 is 2.14. The zero-order chi connectivity index (χ0) is 10.7. The standard InChI is InChI=1S/C11H19N3S/c1-3-12-10(9-4-7-15-8-9)11-13-5-6-14(11)2/h5-6,9-10,12H,3-4,7-8H2,1-2H3. The predicted octanol–water partition coefficient (Wildman–Crippen LogP) is 1.82. The molecule has 1 N–H and O–H groups in total. The number of aryl methyl sites for hydroxylation is 1. The molecule has 0 spiro atoms. The van der Waals surface area contributed by atoms with Gasteiger partial charge in [0, 0.05) is 19.4 Å². The third kappa shape index (κ3) is 2.37. The van der Waals surface area contributed by atoms with E-state index < -0.39 is 0 Å². The minimum atomic E-state index is 0.435. The average Bonchev–Trinajstić information content (AvgIpc) is 2.85. The van der Waals surface area contributed by atoms with Crippen LogP contribution in [0, 0.1) is 5.92 Å². The van der Waals surface area contributed by atoms with Gasteiger partial charge in [-0.15, -0.1) is 0 Å². The number of nitrogens with zero attached hydrogens (tertiary/aromatic N) is 2. The Bertz CT molecular complexity index is 305. The molecular weight excluding hydrogens is 206 g/mol. The van der Waals surface area contributed by atoms with Crippen LogP contribution in [-0.2, 0) is 7.05 Å². The van der Waals surface area contributed by atoms with Gasteiger partial charge in [0.15, 0.2) is 0 Å². The van der Waals surface area contributed by atoms with Crippen LogP contribution >= 0.6 is 11.8 Å². The van der Waals surface area contributed by atoms with Crippen LogP contribution in [0.25, 0.3) is 0 Å². The summed E-state index contributed by atoms with van der Waals surface area (Å²) in [6.07, 6.45) is 5.23. The summed E-state index contributed by atoms with van der Waals surface area (Å²) in [6.45, 7) is 3.18. The lowest BCUT2D eigenvalue weighted by Gasteiger charge is -2.23. The van der Waals surface area contributed by atoms with Crippen molar-refractivity contribution in [3.63, 3.8) is 0 Å². The molecule has 1 fully saturated rings. The normalized spacial score (nSPS) is 23.2. The molecule has 0 saturated carbocycles. The average molecular weight is 225 g/mol. The van der Waals surface area contributed by atoms with Gasteiger partial charge in [-0.3, -0.25) is 0 Å². The molecule has 1 aliphatic rings. The minimum absolute atomic E-state index is 0.435. The van der Waals surface area contributed by atoms with Crippen molar-refractivity contribution < 1.29 is 0 Å². The fourth-order valence-corrected chi connectivity index (χ4v) is 3.48. The molecule has 2 rings (SSSR count). The van der Waals surface area contributed by atoms with E-state index in [9.17, 15) is 0 Å². The van der Waals surface area contributed by atoms with Gasteiger partial charge >= 0.3 is 0 Å². The van der Waals surface area contributed by atoms with Crippen molar-refractivity contribution in [1.29, 1.82) is 0 Å². The highest BCUT2D eigenvalue weighted by molar-refractivity contribution is 7.99. The number of imidazole rings is 1. The predicted molar refractivity (Wildman–Crippen MR) is 65.1 cm³/mol. The minimum Gasteiger partial charge on any atom is -0.337 e. The third-order valence-electron chi connectivity index (χ3n) is 3.00. The van der Waals surface area contributed by atoms with E-state index >= 15 is 0 Å². The van der Waals surface area contributed by atoms with Crippen LogP contribution in [0.3, 0.4) is 0 Å². The van der Waals surface area contributed by atoms with Gasteiger partial charge in [0.1, 0.15) is 5.82 Å². The first-order valence-electron chi connectivity index (χ1n) is 5.61. The lowest BCUT2D eigenvalue weighted by molar-refractivity contribution is 0.377. The van der Waals surface area contributed by atoms with Gasteiger partial charge in [0.2, 0.25) is 0 Å². The van der Waals surface area contributed by atoms with Gasteiger partial charge in [-0.2, -0.15) is 11.8 Å². The van der Waals surface area contributed by atoms with E-state index in [0.717, 1.165) is 12.5 Å². The van der Waals surface area contributed by atoms with Gasteiger partial charge in [-0.05, 0) is 30.4 Å². The van der Waals surface area contributed by atoms with Crippen LogP contribution in [0.1, 0.15) is 25.2 Å². The summed E-state index contributed by atoms with van der Waals surface area (Å²) in [6, 6.07) is 0.435. The summed E-state index contributed by atoms with van der Waals surface area (Å²) in [5, 5.41) is 3.57. The number of nitrogens with one attached hydrogen (secondary N) is 1. The molecule has 84 valence electrons. The van der Waals surface area contributed by atoms with Crippen LogP contribution in [0.15, 0.2) is 12.4 Å². The number of hydrogen-bond acceptors (Lipinski definition) is 3. The molecule has 1 aromatic rings.